The molecule has 0 atom stereocenters. The Balaban J connectivity index is 2.30. The number of aromatic carboxylic acids is 1. The van der Waals surface area contributed by atoms with Crippen LogP contribution in [0.3, 0.4) is 0 Å². The fourth-order valence-corrected chi connectivity index (χ4v) is 1.87. The minimum absolute atomic E-state index is 0.0412. The molecular weight excluding hydrogens is 334 g/mol. The lowest BCUT2D eigenvalue weighted by Crippen LogP contribution is -1.99. The number of aryl methyl sites for hydroxylation is 1. The highest BCUT2D eigenvalue weighted by Crippen LogP contribution is 2.27. The summed E-state index contributed by atoms with van der Waals surface area (Å²) in [4.78, 5) is 14.9. The molecular formula is C13H9BrClNO3. The van der Waals surface area contributed by atoms with Gasteiger partial charge in [-0.05, 0) is 30.7 Å². The van der Waals surface area contributed by atoms with Crippen molar-refractivity contribution in [1.82, 2.24) is 4.98 Å². The van der Waals surface area contributed by atoms with Gasteiger partial charge in [0.15, 0.2) is 0 Å². The third kappa shape index (κ3) is 3.24. The predicted molar refractivity (Wildman–Crippen MR) is 75.2 cm³/mol. The van der Waals surface area contributed by atoms with Gasteiger partial charge in [-0.15, -0.1) is 0 Å². The van der Waals surface area contributed by atoms with E-state index >= 15 is 0 Å². The largest absolute Gasteiger partial charge is 0.478 e. The first-order chi connectivity index (χ1) is 8.97. The van der Waals surface area contributed by atoms with Gasteiger partial charge < -0.3 is 9.84 Å². The smallest absolute Gasteiger partial charge is 0.337 e. The van der Waals surface area contributed by atoms with E-state index < -0.39 is 5.97 Å². The molecule has 0 bridgehead atoms. The molecule has 0 fully saturated rings. The summed E-state index contributed by atoms with van der Waals surface area (Å²) >= 11 is 9.12. The average Bonchev–Trinajstić information content (AvgIpc) is 2.36. The van der Waals surface area contributed by atoms with E-state index in [0.29, 0.717) is 5.75 Å². The monoisotopic (exact) mass is 341 g/mol. The maximum Gasteiger partial charge on any atom is 0.337 e. The van der Waals surface area contributed by atoms with Crippen molar-refractivity contribution >= 4 is 33.5 Å². The summed E-state index contributed by atoms with van der Waals surface area (Å²) in [7, 11) is 0. The molecule has 0 radical (unpaired) electrons. The zero-order valence-electron chi connectivity index (χ0n) is 9.85. The molecule has 19 heavy (non-hydrogen) atoms. The van der Waals surface area contributed by atoms with E-state index in [1.54, 1.807) is 6.07 Å². The van der Waals surface area contributed by atoms with Crippen LogP contribution in [-0.2, 0) is 0 Å². The van der Waals surface area contributed by atoms with Crippen LogP contribution < -0.4 is 4.74 Å². The molecule has 0 amide bonds. The summed E-state index contributed by atoms with van der Waals surface area (Å²) in [6.07, 6.45) is 1.26. The van der Waals surface area contributed by atoms with Crippen LogP contribution in [0.25, 0.3) is 0 Å². The van der Waals surface area contributed by atoms with E-state index in [2.05, 4.69) is 20.9 Å². The number of ether oxygens (including phenoxy) is 1. The SMILES string of the molecule is Cc1cc(Oc2cc(C(=O)O)c(Cl)cn2)ccc1Br. The maximum absolute atomic E-state index is 11.0. The number of hydrogen-bond donors (Lipinski definition) is 1. The van der Waals surface area contributed by atoms with Gasteiger partial charge in [-0.25, -0.2) is 9.78 Å². The van der Waals surface area contributed by atoms with Gasteiger partial charge in [0.2, 0.25) is 5.88 Å². The maximum atomic E-state index is 11.0. The average molecular weight is 343 g/mol. The topological polar surface area (TPSA) is 59.4 Å². The molecule has 6 heteroatoms. The fourth-order valence-electron chi connectivity index (χ4n) is 1.44. The number of rotatable bonds is 3. The van der Waals surface area contributed by atoms with E-state index in [4.69, 9.17) is 21.4 Å². The third-order valence-electron chi connectivity index (χ3n) is 2.41. The van der Waals surface area contributed by atoms with E-state index in [9.17, 15) is 4.79 Å². The van der Waals surface area contributed by atoms with Crippen LogP contribution in [0.2, 0.25) is 5.02 Å². The number of carboxylic acid groups (broad SMARTS) is 1. The molecule has 0 saturated heterocycles. The van der Waals surface area contributed by atoms with Crippen molar-refractivity contribution in [3.8, 4) is 11.6 Å². The van der Waals surface area contributed by atoms with Crippen LogP contribution in [0, 0.1) is 6.92 Å². The van der Waals surface area contributed by atoms with Crippen molar-refractivity contribution in [1.29, 1.82) is 0 Å². The van der Waals surface area contributed by atoms with E-state index in [-0.39, 0.29) is 16.5 Å². The number of halogens is 2. The third-order valence-corrected chi connectivity index (χ3v) is 3.60. The number of carbonyl (C=O) groups is 1. The van der Waals surface area contributed by atoms with Crippen molar-refractivity contribution in [2.24, 2.45) is 0 Å². The van der Waals surface area contributed by atoms with Crippen LogP contribution in [-0.4, -0.2) is 16.1 Å². The van der Waals surface area contributed by atoms with Gasteiger partial charge in [-0.2, -0.15) is 0 Å². The molecule has 1 N–H and O–H groups in total. The molecule has 1 aromatic heterocycles. The Morgan fingerprint density at radius 3 is 2.79 bits per heavy atom. The van der Waals surface area contributed by atoms with Crippen LogP contribution in [0.1, 0.15) is 15.9 Å². The van der Waals surface area contributed by atoms with Crippen LogP contribution in [0.15, 0.2) is 34.9 Å². The van der Waals surface area contributed by atoms with Gasteiger partial charge in [-0.3, -0.25) is 0 Å². The predicted octanol–water partition coefficient (Wildman–Crippen LogP) is 4.30. The normalized spacial score (nSPS) is 10.3. The van der Waals surface area contributed by atoms with Crippen LogP contribution >= 0.6 is 27.5 Å². The first-order valence-electron chi connectivity index (χ1n) is 5.30. The molecule has 0 spiro atoms. The molecule has 0 aliphatic heterocycles. The molecule has 1 heterocycles. The number of hydrogen-bond acceptors (Lipinski definition) is 3. The van der Waals surface area contributed by atoms with Gasteiger partial charge >= 0.3 is 5.97 Å². The molecule has 4 nitrogen and oxygen atoms in total. The van der Waals surface area contributed by atoms with Gasteiger partial charge in [0.05, 0.1) is 16.8 Å². The Labute approximate surface area is 123 Å². The van der Waals surface area contributed by atoms with Crippen LogP contribution in [0.4, 0.5) is 0 Å². The molecule has 98 valence electrons. The zero-order chi connectivity index (χ0) is 14.0. The summed E-state index contributed by atoms with van der Waals surface area (Å²) in [6, 6.07) is 6.72. The molecule has 2 rings (SSSR count). The first kappa shape index (κ1) is 13.8. The second-order valence-corrected chi connectivity index (χ2v) is 5.08. The lowest BCUT2D eigenvalue weighted by Gasteiger charge is -2.07. The zero-order valence-corrected chi connectivity index (χ0v) is 12.2. The second-order valence-electron chi connectivity index (χ2n) is 3.82. The fraction of sp³-hybridized carbons (Fsp3) is 0.0769. The second kappa shape index (κ2) is 5.59. The number of pyridine rings is 1. The Morgan fingerprint density at radius 2 is 2.16 bits per heavy atom. The van der Waals surface area contributed by atoms with Crippen molar-refractivity contribution in [2.45, 2.75) is 6.92 Å². The van der Waals surface area contributed by atoms with Crippen molar-refractivity contribution in [2.75, 3.05) is 0 Å². The van der Waals surface area contributed by atoms with E-state index in [1.807, 2.05) is 19.1 Å². The Bertz CT molecular complexity index is 646. The molecule has 0 saturated carbocycles. The van der Waals surface area contributed by atoms with Crippen molar-refractivity contribution < 1.29 is 14.6 Å². The van der Waals surface area contributed by atoms with Gasteiger partial charge in [0.25, 0.3) is 0 Å². The summed E-state index contributed by atoms with van der Waals surface area (Å²) < 4.78 is 6.47. The highest BCUT2D eigenvalue weighted by Gasteiger charge is 2.11. The first-order valence-corrected chi connectivity index (χ1v) is 6.47. The highest BCUT2D eigenvalue weighted by molar-refractivity contribution is 9.10. The Hall–Kier alpha value is -1.59. The van der Waals surface area contributed by atoms with Crippen LogP contribution in [0.5, 0.6) is 11.6 Å². The summed E-state index contributed by atoms with van der Waals surface area (Å²) in [5, 5.41) is 9.04. The minimum atomic E-state index is -1.12. The van der Waals surface area contributed by atoms with Crippen molar-refractivity contribution in [3.63, 3.8) is 0 Å². The highest BCUT2D eigenvalue weighted by atomic mass is 79.9. The summed E-state index contributed by atoms with van der Waals surface area (Å²) in [5.41, 5.74) is 0.963. The standard InChI is InChI=1S/C13H9BrClNO3/c1-7-4-8(2-3-10(7)14)19-12-5-9(13(17)18)11(15)6-16-12/h2-6H,1H3,(H,17,18). The van der Waals surface area contributed by atoms with Gasteiger partial charge in [-0.1, -0.05) is 27.5 Å². The quantitative estimate of drug-likeness (QED) is 0.903. The molecule has 1 aromatic carbocycles. The van der Waals surface area contributed by atoms with Crippen molar-refractivity contribution in [3.05, 3.63) is 51.1 Å². The number of aromatic nitrogens is 1. The van der Waals surface area contributed by atoms with E-state index in [0.717, 1.165) is 10.0 Å². The molecule has 0 unspecified atom stereocenters. The molecule has 0 aliphatic rings. The van der Waals surface area contributed by atoms with E-state index in [1.165, 1.54) is 12.3 Å². The van der Waals surface area contributed by atoms with Gasteiger partial charge in [0, 0.05) is 10.5 Å². The lowest BCUT2D eigenvalue weighted by molar-refractivity contribution is 0.0696. The number of carboxylic acids is 1. The Morgan fingerprint density at radius 1 is 1.42 bits per heavy atom. The Kier molecular flexibility index (Phi) is 4.07. The number of nitrogens with zero attached hydrogens (tertiary/aromatic N) is 1. The molecule has 2 aromatic rings. The molecule has 0 aliphatic carbocycles. The van der Waals surface area contributed by atoms with Gasteiger partial charge in [0.1, 0.15) is 5.75 Å². The lowest BCUT2D eigenvalue weighted by atomic mass is 10.2. The summed E-state index contributed by atoms with van der Waals surface area (Å²) in [5.74, 6) is -0.361. The minimum Gasteiger partial charge on any atom is -0.478 e. The summed E-state index contributed by atoms with van der Waals surface area (Å²) in [6.45, 7) is 1.93. The number of benzene rings is 1.